The molecular formula is C19H23NO2. The molecule has 0 amide bonds. The zero-order valence-corrected chi connectivity index (χ0v) is 13.2. The van der Waals surface area contributed by atoms with Crippen molar-refractivity contribution in [3.05, 3.63) is 71.8 Å². The Morgan fingerprint density at radius 3 is 2.18 bits per heavy atom. The van der Waals surface area contributed by atoms with Crippen LogP contribution in [0.1, 0.15) is 30.5 Å². The number of carbonyl (C=O) groups is 1. The van der Waals surface area contributed by atoms with Crippen molar-refractivity contribution in [2.75, 3.05) is 7.11 Å². The third-order valence-corrected chi connectivity index (χ3v) is 3.87. The van der Waals surface area contributed by atoms with Crippen LogP contribution in [0, 0.1) is 5.92 Å². The Bertz CT molecular complexity index is 569. The first kappa shape index (κ1) is 16.2. The normalized spacial score (nSPS) is 13.4. The summed E-state index contributed by atoms with van der Waals surface area (Å²) in [5.74, 6) is -0.368. The SMILES string of the molecule is CC[C@H](C(=O)OC)[C@H](NCc1ccccc1)c1ccccc1. The van der Waals surface area contributed by atoms with E-state index in [9.17, 15) is 4.79 Å². The lowest BCUT2D eigenvalue weighted by Crippen LogP contribution is -2.33. The van der Waals surface area contributed by atoms with Crippen LogP contribution in [0.5, 0.6) is 0 Å². The number of carbonyl (C=O) groups excluding carboxylic acids is 1. The van der Waals surface area contributed by atoms with Gasteiger partial charge < -0.3 is 10.1 Å². The summed E-state index contributed by atoms with van der Waals surface area (Å²) in [5.41, 5.74) is 2.30. The number of benzene rings is 2. The predicted octanol–water partition coefficient (Wildman–Crippen LogP) is 3.72. The first-order valence-corrected chi connectivity index (χ1v) is 7.66. The Morgan fingerprint density at radius 2 is 1.64 bits per heavy atom. The summed E-state index contributed by atoms with van der Waals surface area (Å²) in [6, 6.07) is 20.2. The first-order valence-electron chi connectivity index (χ1n) is 7.66. The molecule has 0 spiro atoms. The van der Waals surface area contributed by atoms with Gasteiger partial charge in [0.25, 0.3) is 0 Å². The van der Waals surface area contributed by atoms with Gasteiger partial charge in [0.1, 0.15) is 0 Å². The molecule has 0 radical (unpaired) electrons. The van der Waals surface area contributed by atoms with Crippen molar-refractivity contribution in [3.8, 4) is 0 Å². The molecule has 116 valence electrons. The number of methoxy groups -OCH3 is 1. The fourth-order valence-electron chi connectivity index (χ4n) is 2.67. The van der Waals surface area contributed by atoms with Gasteiger partial charge in [0, 0.05) is 12.6 Å². The Labute approximate surface area is 132 Å². The second-order valence-corrected chi connectivity index (χ2v) is 5.29. The van der Waals surface area contributed by atoms with Crippen molar-refractivity contribution in [2.24, 2.45) is 5.92 Å². The van der Waals surface area contributed by atoms with E-state index in [1.165, 1.54) is 12.7 Å². The van der Waals surface area contributed by atoms with Crippen LogP contribution in [-0.4, -0.2) is 13.1 Å². The van der Waals surface area contributed by atoms with Crippen molar-refractivity contribution in [3.63, 3.8) is 0 Å². The molecule has 0 aliphatic rings. The lowest BCUT2D eigenvalue weighted by Gasteiger charge is -2.26. The molecule has 2 atom stereocenters. The molecule has 22 heavy (non-hydrogen) atoms. The molecule has 0 heterocycles. The van der Waals surface area contributed by atoms with Gasteiger partial charge in [-0.2, -0.15) is 0 Å². The van der Waals surface area contributed by atoms with Crippen molar-refractivity contribution in [1.29, 1.82) is 0 Å². The molecule has 0 aliphatic heterocycles. The highest BCUT2D eigenvalue weighted by Gasteiger charge is 2.28. The quantitative estimate of drug-likeness (QED) is 0.792. The number of hydrogen-bond acceptors (Lipinski definition) is 3. The Balaban J connectivity index is 2.19. The van der Waals surface area contributed by atoms with Gasteiger partial charge >= 0.3 is 5.97 Å². The minimum atomic E-state index is -0.198. The summed E-state index contributed by atoms with van der Waals surface area (Å²) in [6.07, 6.45) is 0.730. The van der Waals surface area contributed by atoms with Crippen LogP contribution in [0.25, 0.3) is 0 Å². The summed E-state index contributed by atoms with van der Waals surface area (Å²) in [4.78, 5) is 12.1. The highest BCUT2D eigenvalue weighted by molar-refractivity contribution is 5.73. The number of rotatable bonds is 7. The minimum absolute atomic E-state index is 0.0566. The molecular weight excluding hydrogens is 274 g/mol. The van der Waals surface area contributed by atoms with E-state index in [4.69, 9.17) is 4.74 Å². The summed E-state index contributed by atoms with van der Waals surface area (Å²) in [6.45, 7) is 2.73. The Kier molecular flexibility index (Phi) is 6.16. The van der Waals surface area contributed by atoms with Crippen LogP contribution in [0.15, 0.2) is 60.7 Å². The van der Waals surface area contributed by atoms with Crippen molar-refractivity contribution in [2.45, 2.75) is 25.9 Å². The summed E-state index contributed by atoms with van der Waals surface area (Å²) in [5, 5.41) is 3.52. The van der Waals surface area contributed by atoms with E-state index in [0.29, 0.717) is 6.54 Å². The van der Waals surface area contributed by atoms with Crippen LogP contribution in [-0.2, 0) is 16.1 Å². The maximum absolute atomic E-state index is 12.1. The smallest absolute Gasteiger partial charge is 0.310 e. The fraction of sp³-hybridized carbons (Fsp3) is 0.316. The van der Waals surface area contributed by atoms with Crippen molar-refractivity contribution in [1.82, 2.24) is 5.32 Å². The monoisotopic (exact) mass is 297 g/mol. The minimum Gasteiger partial charge on any atom is -0.469 e. The lowest BCUT2D eigenvalue weighted by atomic mass is 9.90. The zero-order valence-electron chi connectivity index (χ0n) is 13.2. The van der Waals surface area contributed by atoms with Gasteiger partial charge in [-0.25, -0.2) is 0 Å². The molecule has 0 aliphatic carbocycles. The third-order valence-electron chi connectivity index (χ3n) is 3.87. The predicted molar refractivity (Wildman–Crippen MR) is 88.3 cm³/mol. The largest absolute Gasteiger partial charge is 0.469 e. The average Bonchev–Trinajstić information content (AvgIpc) is 2.59. The van der Waals surface area contributed by atoms with Gasteiger partial charge in [0.2, 0.25) is 0 Å². The molecule has 0 saturated heterocycles. The van der Waals surface area contributed by atoms with E-state index in [2.05, 4.69) is 17.4 Å². The molecule has 1 N–H and O–H groups in total. The van der Waals surface area contributed by atoms with Gasteiger partial charge in [-0.3, -0.25) is 4.79 Å². The average molecular weight is 297 g/mol. The second kappa shape index (κ2) is 8.35. The molecule has 0 unspecified atom stereocenters. The molecule has 3 heteroatoms. The Hall–Kier alpha value is -2.13. The molecule has 2 rings (SSSR count). The van der Waals surface area contributed by atoms with Crippen LogP contribution >= 0.6 is 0 Å². The third kappa shape index (κ3) is 4.18. The van der Waals surface area contributed by atoms with E-state index in [1.54, 1.807) is 0 Å². The summed E-state index contributed by atoms with van der Waals surface area (Å²) in [7, 11) is 1.45. The number of nitrogens with one attached hydrogen (secondary N) is 1. The van der Waals surface area contributed by atoms with Gasteiger partial charge in [-0.15, -0.1) is 0 Å². The number of esters is 1. The highest BCUT2D eigenvalue weighted by atomic mass is 16.5. The van der Waals surface area contributed by atoms with E-state index in [1.807, 2.05) is 55.5 Å². The van der Waals surface area contributed by atoms with Gasteiger partial charge in [0.15, 0.2) is 0 Å². The second-order valence-electron chi connectivity index (χ2n) is 5.29. The van der Waals surface area contributed by atoms with Crippen LogP contribution in [0.4, 0.5) is 0 Å². The molecule has 2 aromatic carbocycles. The van der Waals surface area contributed by atoms with E-state index >= 15 is 0 Å². The molecule has 0 bridgehead atoms. The van der Waals surface area contributed by atoms with Gasteiger partial charge in [-0.05, 0) is 17.5 Å². The molecule has 2 aromatic rings. The highest BCUT2D eigenvalue weighted by Crippen LogP contribution is 2.26. The maximum Gasteiger partial charge on any atom is 0.310 e. The molecule has 0 fully saturated rings. The van der Waals surface area contributed by atoms with Crippen LogP contribution in [0.3, 0.4) is 0 Å². The van der Waals surface area contributed by atoms with Crippen molar-refractivity contribution >= 4 is 5.97 Å². The molecule has 3 nitrogen and oxygen atoms in total. The van der Waals surface area contributed by atoms with E-state index < -0.39 is 0 Å². The van der Waals surface area contributed by atoms with Crippen LogP contribution in [0.2, 0.25) is 0 Å². The van der Waals surface area contributed by atoms with Gasteiger partial charge in [-0.1, -0.05) is 67.6 Å². The van der Waals surface area contributed by atoms with Gasteiger partial charge in [0.05, 0.1) is 13.0 Å². The van der Waals surface area contributed by atoms with E-state index in [-0.39, 0.29) is 17.9 Å². The molecule has 0 saturated carbocycles. The molecule has 0 aromatic heterocycles. The van der Waals surface area contributed by atoms with Crippen molar-refractivity contribution < 1.29 is 9.53 Å². The first-order chi connectivity index (χ1) is 10.8. The topological polar surface area (TPSA) is 38.3 Å². The fourth-order valence-corrected chi connectivity index (χ4v) is 2.67. The van der Waals surface area contributed by atoms with Crippen LogP contribution < -0.4 is 5.32 Å². The maximum atomic E-state index is 12.1. The summed E-state index contributed by atoms with van der Waals surface area (Å²) >= 11 is 0. The van der Waals surface area contributed by atoms with E-state index in [0.717, 1.165) is 12.0 Å². The standard InChI is InChI=1S/C19H23NO2/c1-3-17(19(21)22-2)18(16-12-8-5-9-13-16)20-14-15-10-6-4-7-11-15/h4-13,17-18,20H,3,14H2,1-2H3/t17-,18+/m0/s1. The lowest BCUT2D eigenvalue weighted by molar-refractivity contribution is -0.146. The number of hydrogen-bond donors (Lipinski definition) is 1. The zero-order chi connectivity index (χ0) is 15.8. The summed E-state index contributed by atoms with van der Waals surface area (Å²) < 4.78 is 4.98. The Morgan fingerprint density at radius 1 is 1.05 bits per heavy atom. The number of ether oxygens (including phenoxy) is 1.